The van der Waals surface area contributed by atoms with Gasteiger partial charge in [0.2, 0.25) is 0 Å². The zero-order chi connectivity index (χ0) is 15.9. The van der Waals surface area contributed by atoms with Crippen LogP contribution >= 0.6 is 0 Å². The smallest absolute Gasteiger partial charge is 0.258 e. The monoisotopic (exact) mass is 302 g/mol. The maximum absolute atomic E-state index is 11.9. The predicted octanol–water partition coefficient (Wildman–Crippen LogP) is 2.39. The summed E-state index contributed by atoms with van der Waals surface area (Å²) in [5.41, 5.74) is 1.10. The van der Waals surface area contributed by atoms with Crippen molar-refractivity contribution in [1.82, 2.24) is 10.2 Å². The number of rotatable bonds is 7. The molecule has 0 aliphatic heterocycles. The highest BCUT2D eigenvalue weighted by molar-refractivity contribution is 5.77. The van der Waals surface area contributed by atoms with Crippen molar-refractivity contribution in [2.75, 3.05) is 27.2 Å². The van der Waals surface area contributed by atoms with Crippen molar-refractivity contribution in [3.05, 3.63) is 54.0 Å². The lowest BCUT2D eigenvalue weighted by molar-refractivity contribution is -0.123. The van der Waals surface area contributed by atoms with Gasteiger partial charge in [-0.2, -0.15) is 0 Å². The van der Waals surface area contributed by atoms with E-state index in [0.29, 0.717) is 12.3 Å². The van der Waals surface area contributed by atoms with Crippen LogP contribution < -0.4 is 10.1 Å². The van der Waals surface area contributed by atoms with Crippen molar-refractivity contribution in [2.45, 2.75) is 13.0 Å². The minimum atomic E-state index is -0.153. The van der Waals surface area contributed by atoms with Crippen LogP contribution in [-0.4, -0.2) is 38.1 Å². The number of aryl methyl sites for hydroxylation is 1. The van der Waals surface area contributed by atoms with Gasteiger partial charge in [-0.05, 0) is 50.8 Å². The van der Waals surface area contributed by atoms with Crippen LogP contribution in [0.3, 0.4) is 0 Å². The molecule has 2 aromatic rings. The summed E-state index contributed by atoms with van der Waals surface area (Å²) >= 11 is 0. The number of hydrogen-bond acceptors (Lipinski definition) is 4. The fourth-order valence-corrected chi connectivity index (χ4v) is 2.13. The van der Waals surface area contributed by atoms with Crippen LogP contribution in [0.1, 0.15) is 17.4 Å². The molecule has 1 atom stereocenters. The fourth-order valence-electron chi connectivity index (χ4n) is 2.13. The Morgan fingerprint density at radius 3 is 2.77 bits per heavy atom. The summed E-state index contributed by atoms with van der Waals surface area (Å²) in [6.07, 6.45) is 1.63. The fraction of sp³-hybridized carbons (Fsp3) is 0.353. The van der Waals surface area contributed by atoms with E-state index in [4.69, 9.17) is 9.15 Å². The molecule has 1 N–H and O–H groups in total. The lowest BCUT2D eigenvalue weighted by atomic mass is 10.2. The van der Waals surface area contributed by atoms with Gasteiger partial charge < -0.3 is 14.5 Å². The predicted molar refractivity (Wildman–Crippen MR) is 84.8 cm³/mol. The van der Waals surface area contributed by atoms with E-state index in [-0.39, 0.29) is 18.6 Å². The van der Waals surface area contributed by atoms with E-state index >= 15 is 0 Å². The molecule has 5 heteroatoms. The van der Waals surface area contributed by atoms with E-state index in [0.717, 1.165) is 11.3 Å². The van der Waals surface area contributed by atoms with E-state index < -0.39 is 0 Å². The summed E-state index contributed by atoms with van der Waals surface area (Å²) < 4.78 is 10.9. The molecule has 0 saturated heterocycles. The van der Waals surface area contributed by atoms with Gasteiger partial charge in [-0.25, -0.2) is 0 Å². The number of benzene rings is 1. The van der Waals surface area contributed by atoms with Crippen LogP contribution in [0.15, 0.2) is 47.1 Å². The van der Waals surface area contributed by atoms with Crippen molar-refractivity contribution in [2.24, 2.45) is 0 Å². The molecule has 0 aliphatic carbocycles. The molecule has 0 unspecified atom stereocenters. The van der Waals surface area contributed by atoms with Gasteiger partial charge in [0.25, 0.3) is 5.91 Å². The van der Waals surface area contributed by atoms with Gasteiger partial charge in [0, 0.05) is 6.54 Å². The average Bonchev–Trinajstić information content (AvgIpc) is 2.99. The Kier molecular flexibility index (Phi) is 5.61. The highest BCUT2D eigenvalue weighted by Crippen LogP contribution is 2.17. The van der Waals surface area contributed by atoms with Crippen molar-refractivity contribution in [3.63, 3.8) is 0 Å². The summed E-state index contributed by atoms with van der Waals surface area (Å²) in [4.78, 5) is 13.9. The van der Waals surface area contributed by atoms with Crippen molar-refractivity contribution >= 4 is 5.91 Å². The number of nitrogens with zero attached hydrogens (tertiary/aromatic N) is 1. The molecule has 0 fully saturated rings. The maximum atomic E-state index is 11.9. The van der Waals surface area contributed by atoms with Gasteiger partial charge >= 0.3 is 0 Å². The molecular weight excluding hydrogens is 280 g/mol. The van der Waals surface area contributed by atoms with E-state index in [1.165, 1.54) is 0 Å². The molecule has 118 valence electrons. The van der Waals surface area contributed by atoms with Crippen molar-refractivity contribution in [3.8, 4) is 5.75 Å². The van der Waals surface area contributed by atoms with Crippen molar-refractivity contribution in [1.29, 1.82) is 0 Å². The number of carbonyl (C=O) groups excluding carboxylic acids is 1. The number of carbonyl (C=O) groups is 1. The zero-order valence-electron chi connectivity index (χ0n) is 13.2. The first kappa shape index (κ1) is 16.1. The van der Waals surface area contributed by atoms with Crippen LogP contribution in [-0.2, 0) is 4.79 Å². The first-order valence-electron chi connectivity index (χ1n) is 7.22. The Morgan fingerprint density at radius 2 is 2.14 bits per heavy atom. The number of hydrogen-bond donors (Lipinski definition) is 1. The van der Waals surface area contributed by atoms with Crippen LogP contribution in [0.25, 0.3) is 0 Å². The van der Waals surface area contributed by atoms with Crippen LogP contribution in [0.5, 0.6) is 5.75 Å². The minimum Gasteiger partial charge on any atom is -0.484 e. The van der Waals surface area contributed by atoms with E-state index in [2.05, 4.69) is 5.32 Å². The van der Waals surface area contributed by atoms with Crippen LogP contribution in [0.2, 0.25) is 0 Å². The second-order valence-corrected chi connectivity index (χ2v) is 5.40. The average molecular weight is 302 g/mol. The first-order valence-corrected chi connectivity index (χ1v) is 7.22. The molecule has 2 rings (SSSR count). The molecule has 22 heavy (non-hydrogen) atoms. The van der Waals surface area contributed by atoms with Crippen molar-refractivity contribution < 1.29 is 13.9 Å². The van der Waals surface area contributed by atoms with E-state index in [1.54, 1.807) is 6.26 Å². The van der Waals surface area contributed by atoms with Gasteiger partial charge in [0.1, 0.15) is 11.5 Å². The topological polar surface area (TPSA) is 54.7 Å². The molecule has 0 aliphatic rings. The molecule has 1 aromatic carbocycles. The quantitative estimate of drug-likeness (QED) is 0.853. The second kappa shape index (κ2) is 7.66. The van der Waals surface area contributed by atoms with Gasteiger partial charge in [0.05, 0.1) is 12.3 Å². The summed E-state index contributed by atoms with van der Waals surface area (Å²) in [5, 5.41) is 2.87. The van der Waals surface area contributed by atoms with Crippen LogP contribution in [0.4, 0.5) is 0 Å². The SMILES string of the molecule is Cc1cccc(OCC(=O)NC[C@@H](c2ccco2)N(C)C)c1. The molecular formula is C17H22N2O3. The number of ether oxygens (including phenoxy) is 1. The standard InChI is InChI=1S/C17H22N2O3/c1-13-6-4-7-14(10-13)22-12-17(20)18-11-15(19(2)3)16-8-5-9-21-16/h4-10,15H,11-12H2,1-3H3,(H,18,20)/t15-/m0/s1. The number of amides is 1. The minimum absolute atomic E-state index is 0.00174. The third-order valence-electron chi connectivity index (χ3n) is 3.35. The first-order chi connectivity index (χ1) is 10.6. The Morgan fingerprint density at radius 1 is 1.32 bits per heavy atom. The van der Waals surface area contributed by atoms with E-state index in [1.807, 2.05) is 62.3 Å². The molecule has 0 spiro atoms. The largest absolute Gasteiger partial charge is 0.484 e. The highest BCUT2D eigenvalue weighted by atomic mass is 16.5. The molecule has 0 bridgehead atoms. The summed E-state index contributed by atoms with van der Waals surface area (Å²) in [6.45, 7) is 2.45. The number of likely N-dealkylation sites (N-methyl/N-ethyl adjacent to an activating group) is 1. The Bertz CT molecular complexity index is 594. The molecule has 0 saturated carbocycles. The normalized spacial score (nSPS) is 12.2. The van der Waals surface area contributed by atoms with Gasteiger partial charge in [0.15, 0.2) is 6.61 Å². The zero-order valence-corrected chi connectivity index (χ0v) is 13.2. The van der Waals surface area contributed by atoms with E-state index in [9.17, 15) is 4.79 Å². The summed E-state index contributed by atoms with van der Waals surface area (Å²) in [6, 6.07) is 11.4. The second-order valence-electron chi connectivity index (χ2n) is 5.40. The Labute approximate surface area is 130 Å². The Balaban J connectivity index is 1.81. The summed E-state index contributed by atoms with van der Waals surface area (Å²) in [5.74, 6) is 1.37. The summed E-state index contributed by atoms with van der Waals surface area (Å²) in [7, 11) is 3.89. The van der Waals surface area contributed by atoms with Gasteiger partial charge in [-0.1, -0.05) is 12.1 Å². The Hall–Kier alpha value is -2.27. The number of nitrogens with one attached hydrogen (secondary N) is 1. The third-order valence-corrected chi connectivity index (χ3v) is 3.35. The maximum Gasteiger partial charge on any atom is 0.258 e. The molecule has 1 heterocycles. The molecule has 0 radical (unpaired) electrons. The third kappa shape index (κ3) is 4.63. The van der Waals surface area contributed by atoms with Crippen LogP contribution in [0, 0.1) is 6.92 Å². The van der Waals surface area contributed by atoms with Gasteiger partial charge in [-0.15, -0.1) is 0 Å². The lowest BCUT2D eigenvalue weighted by Crippen LogP contribution is -2.36. The highest BCUT2D eigenvalue weighted by Gasteiger charge is 2.17. The van der Waals surface area contributed by atoms with Gasteiger partial charge in [-0.3, -0.25) is 9.69 Å². The molecule has 1 amide bonds. The lowest BCUT2D eigenvalue weighted by Gasteiger charge is -2.22. The molecule has 5 nitrogen and oxygen atoms in total. The number of furan rings is 1. The molecule has 1 aromatic heterocycles.